The molecule has 242 valence electrons. The number of carbonyl (C=O) groups excluding carboxylic acids is 3. The molecular formula is C30H44F3N3O7. The molecule has 1 aromatic carbocycles. The van der Waals surface area contributed by atoms with Crippen molar-refractivity contribution in [3.05, 3.63) is 23.3 Å². The van der Waals surface area contributed by atoms with Crippen molar-refractivity contribution in [1.29, 1.82) is 0 Å². The number of likely N-dealkylation sites (tertiary alicyclic amines) is 1. The fourth-order valence-corrected chi connectivity index (χ4v) is 5.43. The number of rotatable bonds is 9. The molecule has 2 atom stereocenters. The molecule has 2 aliphatic rings. The molecular weight excluding hydrogens is 571 g/mol. The van der Waals surface area contributed by atoms with Gasteiger partial charge in [0.1, 0.15) is 11.4 Å². The number of fused-ring (bicyclic) bond motifs is 1. The van der Waals surface area contributed by atoms with Crippen LogP contribution in [0.5, 0.6) is 5.75 Å². The summed E-state index contributed by atoms with van der Waals surface area (Å²) < 4.78 is 59.7. The largest absolute Gasteiger partial charge is 0.473 e. The van der Waals surface area contributed by atoms with Crippen LogP contribution in [-0.4, -0.2) is 96.1 Å². The summed E-state index contributed by atoms with van der Waals surface area (Å²) in [5, 5.41) is 9.93. The van der Waals surface area contributed by atoms with Crippen molar-refractivity contribution in [2.75, 3.05) is 44.9 Å². The minimum Gasteiger partial charge on any atom is -0.473 e. The molecule has 1 saturated heterocycles. The molecule has 2 aliphatic heterocycles. The third kappa shape index (κ3) is 7.91. The molecule has 0 aromatic heterocycles. The maximum absolute atomic E-state index is 14.5. The summed E-state index contributed by atoms with van der Waals surface area (Å²) in [6, 6.07) is 0.730. The Kier molecular flexibility index (Phi) is 10.6. The summed E-state index contributed by atoms with van der Waals surface area (Å²) >= 11 is 0. The highest BCUT2D eigenvalue weighted by molar-refractivity contribution is 6.05. The molecule has 0 bridgehead atoms. The number of carbonyl (C=O) groups is 3. The molecule has 0 spiro atoms. The maximum atomic E-state index is 14.5. The zero-order chi connectivity index (χ0) is 32.3. The lowest BCUT2D eigenvalue weighted by Crippen LogP contribution is -2.57. The Labute approximate surface area is 251 Å². The van der Waals surface area contributed by atoms with E-state index in [0.29, 0.717) is 38.8 Å². The van der Waals surface area contributed by atoms with Gasteiger partial charge in [0.2, 0.25) is 5.60 Å². The number of benzene rings is 1. The molecule has 43 heavy (non-hydrogen) atoms. The van der Waals surface area contributed by atoms with Crippen molar-refractivity contribution in [3.8, 4) is 5.75 Å². The van der Waals surface area contributed by atoms with Gasteiger partial charge in [-0.1, -0.05) is 0 Å². The van der Waals surface area contributed by atoms with Gasteiger partial charge in [-0.25, -0.2) is 4.79 Å². The molecule has 3 rings (SSSR count). The van der Waals surface area contributed by atoms with E-state index in [0.717, 1.165) is 12.1 Å². The molecule has 1 N–H and O–H groups in total. The first-order valence-electron chi connectivity index (χ1n) is 14.6. The summed E-state index contributed by atoms with van der Waals surface area (Å²) in [7, 11) is 1.54. The van der Waals surface area contributed by atoms with E-state index in [9.17, 15) is 32.7 Å². The molecule has 1 fully saturated rings. The number of aliphatic hydroxyl groups is 1. The summed E-state index contributed by atoms with van der Waals surface area (Å²) in [5.41, 5.74) is -4.34. The van der Waals surface area contributed by atoms with Gasteiger partial charge in [-0.15, -0.1) is 0 Å². The van der Waals surface area contributed by atoms with Gasteiger partial charge in [0.05, 0.1) is 29.5 Å². The van der Waals surface area contributed by atoms with Gasteiger partial charge in [-0.05, 0) is 79.4 Å². The number of nitrogens with zero attached hydrogens (tertiary/aromatic N) is 3. The molecule has 10 nitrogen and oxygen atoms in total. The number of alkyl halides is 3. The van der Waals surface area contributed by atoms with Gasteiger partial charge in [-0.2, -0.15) is 13.2 Å². The SMILES string of the molecule is COCCCCN1C(=O)C(C)(CO)Oc2cc(C(F)(F)F)c(C(=O)N(C(C)C)[C@@H]3CCCN(C(=O)OC(C)(C)C)C3)cc21. The Morgan fingerprint density at radius 3 is 2.44 bits per heavy atom. The fraction of sp³-hybridized carbons (Fsp3) is 0.700. The zero-order valence-corrected chi connectivity index (χ0v) is 26.0. The predicted octanol–water partition coefficient (Wildman–Crippen LogP) is 4.86. The summed E-state index contributed by atoms with van der Waals surface area (Å²) in [5.74, 6) is -1.75. The molecule has 3 amide bonds. The minimum atomic E-state index is -4.93. The average Bonchev–Trinajstić information content (AvgIpc) is 2.91. The Morgan fingerprint density at radius 1 is 1.21 bits per heavy atom. The lowest BCUT2D eigenvalue weighted by molar-refractivity contribution is -0.139. The highest BCUT2D eigenvalue weighted by Gasteiger charge is 2.47. The quantitative estimate of drug-likeness (QED) is 0.396. The van der Waals surface area contributed by atoms with Crippen molar-refractivity contribution in [1.82, 2.24) is 9.80 Å². The van der Waals surface area contributed by atoms with Crippen LogP contribution in [0.3, 0.4) is 0 Å². The van der Waals surface area contributed by atoms with E-state index in [4.69, 9.17) is 14.2 Å². The number of hydrogen-bond donors (Lipinski definition) is 1. The number of aliphatic hydroxyl groups excluding tert-OH is 1. The summed E-state index contributed by atoms with van der Waals surface area (Å²) in [4.78, 5) is 44.4. The summed E-state index contributed by atoms with van der Waals surface area (Å²) in [6.45, 7) is 10.2. The third-order valence-corrected chi connectivity index (χ3v) is 7.47. The fourth-order valence-electron chi connectivity index (χ4n) is 5.43. The Morgan fingerprint density at radius 2 is 1.88 bits per heavy atom. The molecule has 0 aliphatic carbocycles. The number of piperidine rings is 1. The monoisotopic (exact) mass is 615 g/mol. The lowest BCUT2D eigenvalue weighted by atomic mass is 9.96. The first-order chi connectivity index (χ1) is 19.9. The van der Waals surface area contributed by atoms with Crippen LogP contribution in [0, 0.1) is 0 Å². The van der Waals surface area contributed by atoms with Gasteiger partial charge in [0, 0.05) is 39.4 Å². The van der Waals surface area contributed by atoms with Crippen molar-refractivity contribution in [3.63, 3.8) is 0 Å². The van der Waals surface area contributed by atoms with E-state index in [1.54, 1.807) is 34.6 Å². The van der Waals surface area contributed by atoms with Gasteiger partial charge < -0.3 is 34.0 Å². The van der Waals surface area contributed by atoms with E-state index in [1.807, 2.05) is 0 Å². The second-order valence-corrected chi connectivity index (χ2v) is 12.5. The van der Waals surface area contributed by atoms with Crippen LogP contribution in [0.2, 0.25) is 0 Å². The van der Waals surface area contributed by atoms with Gasteiger partial charge in [0.15, 0.2) is 0 Å². The third-order valence-electron chi connectivity index (χ3n) is 7.47. The van der Waals surface area contributed by atoms with E-state index in [-0.39, 0.29) is 24.5 Å². The first-order valence-corrected chi connectivity index (χ1v) is 14.6. The van der Waals surface area contributed by atoms with Gasteiger partial charge >= 0.3 is 12.3 Å². The second-order valence-electron chi connectivity index (χ2n) is 12.5. The van der Waals surface area contributed by atoms with Crippen LogP contribution in [-0.2, 0) is 20.4 Å². The van der Waals surface area contributed by atoms with E-state index in [2.05, 4.69) is 0 Å². The Bertz CT molecular complexity index is 1180. The highest BCUT2D eigenvalue weighted by Crippen LogP contribution is 2.44. The second kappa shape index (κ2) is 13.3. The zero-order valence-electron chi connectivity index (χ0n) is 26.0. The number of halogens is 3. The van der Waals surface area contributed by atoms with Crippen LogP contribution in [0.15, 0.2) is 12.1 Å². The van der Waals surface area contributed by atoms with Crippen molar-refractivity contribution < 1.29 is 46.9 Å². The summed E-state index contributed by atoms with van der Waals surface area (Å²) in [6.07, 6.45) is -3.42. The Balaban J connectivity index is 2.07. The highest BCUT2D eigenvalue weighted by atomic mass is 19.4. The number of amides is 3. The number of unbranched alkanes of at least 4 members (excludes halogenated alkanes) is 1. The lowest BCUT2D eigenvalue weighted by Gasteiger charge is -2.42. The van der Waals surface area contributed by atoms with Gasteiger partial charge in [0.25, 0.3) is 11.8 Å². The van der Waals surface area contributed by atoms with Crippen molar-refractivity contribution in [2.24, 2.45) is 0 Å². The van der Waals surface area contributed by atoms with Gasteiger partial charge in [-0.3, -0.25) is 9.59 Å². The Hall–Kier alpha value is -3.06. The van der Waals surface area contributed by atoms with Crippen molar-refractivity contribution >= 4 is 23.6 Å². The standard InChI is InChI=1S/C30H44F3N3O7/c1-19(2)36(20-11-10-12-34(17-20)27(40)43-28(3,4)5)25(38)21-15-23-24(16-22(21)30(31,32)33)42-29(6,18-37)26(39)35(23)13-8-9-14-41-7/h15-16,19-20,37H,8-14,17-18H2,1-7H3/t20-,29?/m1/s1. The van der Waals surface area contributed by atoms with E-state index < -0.39 is 65.1 Å². The van der Waals surface area contributed by atoms with Crippen LogP contribution in [0.25, 0.3) is 0 Å². The molecule has 0 radical (unpaired) electrons. The molecule has 1 unspecified atom stereocenters. The van der Waals surface area contributed by atoms with Crippen LogP contribution < -0.4 is 9.64 Å². The number of ether oxygens (including phenoxy) is 3. The molecule has 0 saturated carbocycles. The number of hydrogen-bond acceptors (Lipinski definition) is 7. The van der Waals surface area contributed by atoms with Crippen LogP contribution in [0.4, 0.5) is 23.7 Å². The smallest absolute Gasteiger partial charge is 0.417 e. The first kappa shape index (κ1) is 34.4. The normalized spacial score (nSPS) is 21.0. The predicted molar refractivity (Wildman–Crippen MR) is 153 cm³/mol. The molecule has 13 heteroatoms. The van der Waals surface area contributed by atoms with E-state index >= 15 is 0 Å². The average molecular weight is 616 g/mol. The maximum Gasteiger partial charge on any atom is 0.417 e. The van der Waals surface area contributed by atoms with Crippen LogP contribution in [0.1, 0.15) is 83.1 Å². The minimum absolute atomic E-state index is 0.0208. The van der Waals surface area contributed by atoms with Crippen LogP contribution >= 0.6 is 0 Å². The topological polar surface area (TPSA) is 109 Å². The number of methoxy groups -OCH3 is 1. The van der Waals surface area contributed by atoms with Crippen molar-refractivity contribution in [2.45, 2.75) is 96.7 Å². The number of anilines is 1. The molecule has 2 heterocycles. The molecule has 1 aromatic rings. The van der Waals surface area contributed by atoms with E-state index in [1.165, 1.54) is 28.7 Å².